The third kappa shape index (κ3) is 1.72. The second-order valence-electron chi connectivity index (χ2n) is 3.79. The van der Waals surface area contributed by atoms with Crippen molar-refractivity contribution in [2.45, 2.75) is 38.3 Å². The van der Waals surface area contributed by atoms with E-state index in [1.54, 1.807) is 7.11 Å². The van der Waals surface area contributed by atoms with Crippen molar-refractivity contribution in [2.24, 2.45) is 0 Å². The predicted molar refractivity (Wildman–Crippen MR) is 41.5 cm³/mol. The molecule has 1 aliphatic heterocycles. The average molecular weight is 158 g/mol. The lowest BCUT2D eigenvalue weighted by molar-refractivity contribution is -0.226. The van der Waals surface area contributed by atoms with E-state index >= 15 is 0 Å². The second-order valence-corrected chi connectivity index (χ2v) is 3.79. The minimum Gasteiger partial charge on any atom is -0.383 e. The fourth-order valence-electron chi connectivity index (χ4n) is 1.58. The number of rotatable bonds is 2. The standard InChI is InChI=1S/C8H16NO2/c1-8(2)5-4-7(6-11-3)9(8)10/h7H,4-6H2,1-3H3. The summed E-state index contributed by atoms with van der Waals surface area (Å²) in [4.78, 5) is 0. The monoisotopic (exact) mass is 158 g/mol. The molecule has 0 aromatic rings. The Morgan fingerprint density at radius 1 is 1.64 bits per heavy atom. The van der Waals surface area contributed by atoms with Gasteiger partial charge in [-0.15, -0.1) is 10.3 Å². The van der Waals surface area contributed by atoms with Crippen molar-refractivity contribution >= 4 is 0 Å². The normalized spacial score (nSPS) is 31.1. The van der Waals surface area contributed by atoms with Gasteiger partial charge in [-0.2, -0.15) is 0 Å². The van der Waals surface area contributed by atoms with Gasteiger partial charge in [0.1, 0.15) is 0 Å². The molecule has 1 radical (unpaired) electrons. The van der Waals surface area contributed by atoms with E-state index in [1.165, 1.54) is 5.06 Å². The first-order valence-corrected chi connectivity index (χ1v) is 4.03. The van der Waals surface area contributed by atoms with Crippen LogP contribution in [0, 0.1) is 0 Å². The Morgan fingerprint density at radius 3 is 2.64 bits per heavy atom. The van der Waals surface area contributed by atoms with E-state index in [0.29, 0.717) is 6.61 Å². The van der Waals surface area contributed by atoms with Gasteiger partial charge in [0.05, 0.1) is 12.6 Å². The molecule has 3 heteroatoms. The van der Waals surface area contributed by atoms with Crippen LogP contribution in [-0.2, 0) is 9.94 Å². The van der Waals surface area contributed by atoms with E-state index in [4.69, 9.17) is 4.74 Å². The fraction of sp³-hybridized carbons (Fsp3) is 1.00. The summed E-state index contributed by atoms with van der Waals surface area (Å²) in [5.74, 6) is 0. The number of ether oxygens (including phenoxy) is 1. The van der Waals surface area contributed by atoms with Gasteiger partial charge in [0.2, 0.25) is 0 Å². The first kappa shape index (κ1) is 8.97. The molecule has 1 aliphatic rings. The molecule has 0 N–H and O–H groups in total. The van der Waals surface area contributed by atoms with E-state index in [2.05, 4.69) is 0 Å². The van der Waals surface area contributed by atoms with Crippen molar-refractivity contribution < 1.29 is 9.94 Å². The van der Waals surface area contributed by atoms with E-state index in [9.17, 15) is 5.21 Å². The summed E-state index contributed by atoms with van der Waals surface area (Å²) in [7, 11) is 1.64. The van der Waals surface area contributed by atoms with Gasteiger partial charge in [0.15, 0.2) is 0 Å². The largest absolute Gasteiger partial charge is 0.383 e. The van der Waals surface area contributed by atoms with E-state index in [1.807, 2.05) is 13.8 Å². The van der Waals surface area contributed by atoms with E-state index in [-0.39, 0.29) is 11.6 Å². The van der Waals surface area contributed by atoms with Gasteiger partial charge in [-0.25, -0.2) is 0 Å². The SMILES string of the molecule is COCC1CCC(C)(C)N1[O]. The van der Waals surface area contributed by atoms with Crippen LogP contribution in [0.4, 0.5) is 0 Å². The lowest BCUT2D eigenvalue weighted by Gasteiger charge is -2.26. The zero-order valence-electron chi connectivity index (χ0n) is 7.46. The van der Waals surface area contributed by atoms with E-state index in [0.717, 1.165) is 12.8 Å². The van der Waals surface area contributed by atoms with Crippen molar-refractivity contribution in [3.63, 3.8) is 0 Å². The molecule has 1 heterocycles. The van der Waals surface area contributed by atoms with Crippen LogP contribution < -0.4 is 0 Å². The highest BCUT2D eigenvalue weighted by atomic mass is 16.5. The van der Waals surface area contributed by atoms with Gasteiger partial charge >= 0.3 is 0 Å². The third-order valence-corrected chi connectivity index (χ3v) is 2.38. The lowest BCUT2D eigenvalue weighted by Crippen LogP contribution is -2.40. The number of hydrogen-bond acceptors (Lipinski definition) is 2. The Morgan fingerprint density at radius 2 is 2.27 bits per heavy atom. The Balaban J connectivity index is 2.49. The summed E-state index contributed by atoms with van der Waals surface area (Å²) in [5.41, 5.74) is -0.177. The molecule has 3 nitrogen and oxygen atoms in total. The number of methoxy groups -OCH3 is 1. The summed E-state index contributed by atoms with van der Waals surface area (Å²) in [6.07, 6.45) is 1.94. The van der Waals surface area contributed by atoms with Crippen LogP contribution in [-0.4, -0.2) is 30.4 Å². The molecule has 1 fully saturated rings. The maximum Gasteiger partial charge on any atom is 0.0642 e. The molecule has 65 valence electrons. The number of nitrogens with zero attached hydrogens (tertiary/aromatic N) is 1. The molecule has 0 saturated carbocycles. The molecule has 0 aliphatic carbocycles. The van der Waals surface area contributed by atoms with Gasteiger partial charge in [0.25, 0.3) is 0 Å². The Kier molecular flexibility index (Phi) is 2.52. The van der Waals surface area contributed by atoms with Crippen molar-refractivity contribution in [3.05, 3.63) is 0 Å². The van der Waals surface area contributed by atoms with Gasteiger partial charge in [-0.05, 0) is 26.7 Å². The zero-order valence-corrected chi connectivity index (χ0v) is 7.46. The molecule has 0 aromatic heterocycles. The molecule has 0 bridgehead atoms. The highest BCUT2D eigenvalue weighted by Gasteiger charge is 2.39. The average Bonchev–Trinajstić information content (AvgIpc) is 2.17. The maximum absolute atomic E-state index is 11.5. The zero-order chi connectivity index (χ0) is 8.48. The Labute approximate surface area is 67.9 Å². The van der Waals surface area contributed by atoms with Crippen molar-refractivity contribution in [2.75, 3.05) is 13.7 Å². The minimum atomic E-state index is -0.177. The summed E-state index contributed by atoms with van der Waals surface area (Å²) >= 11 is 0. The van der Waals surface area contributed by atoms with Crippen LogP contribution in [0.15, 0.2) is 0 Å². The first-order chi connectivity index (χ1) is 5.08. The highest BCUT2D eigenvalue weighted by Crippen LogP contribution is 2.31. The smallest absolute Gasteiger partial charge is 0.0642 e. The number of hydroxylamine groups is 2. The van der Waals surface area contributed by atoms with E-state index < -0.39 is 0 Å². The molecular weight excluding hydrogens is 142 g/mol. The molecule has 0 spiro atoms. The summed E-state index contributed by atoms with van der Waals surface area (Å²) < 4.78 is 4.95. The molecule has 0 amide bonds. The molecular formula is C8H16NO2. The molecule has 1 atom stereocenters. The molecule has 0 aromatic carbocycles. The summed E-state index contributed by atoms with van der Waals surface area (Å²) in [6.45, 7) is 4.53. The van der Waals surface area contributed by atoms with Gasteiger partial charge in [0, 0.05) is 12.6 Å². The fourth-order valence-corrected chi connectivity index (χ4v) is 1.58. The third-order valence-electron chi connectivity index (χ3n) is 2.38. The van der Waals surface area contributed by atoms with Crippen molar-refractivity contribution in [3.8, 4) is 0 Å². The van der Waals surface area contributed by atoms with Crippen molar-refractivity contribution in [1.29, 1.82) is 0 Å². The van der Waals surface area contributed by atoms with Gasteiger partial charge in [-0.3, -0.25) is 0 Å². The first-order valence-electron chi connectivity index (χ1n) is 4.03. The predicted octanol–water partition coefficient (Wildman–Crippen LogP) is 1.22. The number of hydrogen-bond donors (Lipinski definition) is 0. The minimum absolute atomic E-state index is 0.0787. The Hall–Kier alpha value is -0.120. The second kappa shape index (κ2) is 3.09. The molecule has 1 unspecified atom stereocenters. The van der Waals surface area contributed by atoms with Gasteiger partial charge < -0.3 is 4.74 Å². The lowest BCUT2D eigenvalue weighted by atomic mass is 10.0. The molecule has 1 rings (SSSR count). The molecule has 1 saturated heterocycles. The van der Waals surface area contributed by atoms with Crippen LogP contribution in [0.25, 0.3) is 0 Å². The van der Waals surface area contributed by atoms with Crippen LogP contribution in [0.2, 0.25) is 0 Å². The quantitative estimate of drug-likeness (QED) is 0.605. The summed E-state index contributed by atoms with van der Waals surface area (Å²) in [6, 6.07) is 0.0787. The van der Waals surface area contributed by atoms with Crippen LogP contribution in [0.1, 0.15) is 26.7 Å². The van der Waals surface area contributed by atoms with Gasteiger partial charge in [-0.1, -0.05) is 0 Å². The van der Waals surface area contributed by atoms with Crippen molar-refractivity contribution in [1.82, 2.24) is 5.06 Å². The highest BCUT2D eigenvalue weighted by molar-refractivity contribution is 4.89. The Bertz CT molecular complexity index is 136. The summed E-state index contributed by atoms with van der Waals surface area (Å²) in [5, 5.41) is 12.6. The maximum atomic E-state index is 11.5. The topological polar surface area (TPSA) is 32.4 Å². The van der Waals surface area contributed by atoms with Crippen LogP contribution in [0.5, 0.6) is 0 Å². The van der Waals surface area contributed by atoms with Crippen LogP contribution in [0.3, 0.4) is 0 Å². The van der Waals surface area contributed by atoms with Crippen LogP contribution >= 0.6 is 0 Å². The molecule has 11 heavy (non-hydrogen) atoms.